The van der Waals surface area contributed by atoms with E-state index in [1.165, 1.54) is 12.0 Å². The summed E-state index contributed by atoms with van der Waals surface area (Å²) in [5.74, 6) is 0.777. The molecule has 3 rings (SSSR count). The van der Waals surface area contributed by atoms with Crippen LogP contribution in [0, 0.1) is 5.92 Å². The van der Waals surface area contributed by atoms with Crippen LogP contribution >= 0.6 is 0 Å². The van der Waals surface area contributed by atoms with Crippen molar-refractivity contribution < 1.29 is 9.90 Å². The van der Waals surface area contributed by atoms with Gasteiger partial charge in [-0.3, -0.25) is 4.98 Å². The number of aryl methyl sites for hydroxylation is 2. The molecule has 1 atom stereocenters. The molecular weight excluding hydrogens is 402 g/mol. The van der Waals surface area contributed by atoms with Gasteiger partial charge in [-0.25, -0.2) is 9.78 Å². The maximum Gasteiger partial charge on any atom is 0.326 e. The van der Waals surface area contributed by atoms with E-state index >= 15 is 0 Å². The lowest BCUT2D eigenvalue weighted by molar-refractivity contribution is -0.138. The van der Waals surface area contributed by atoms with Gasteiger partial charge >= 0.3 is 5.97 Å². The van der Waals surface area contributed by atoms with E-state index in [-0.39, 0.29) is 0 Å². The third-order valence-corrected chi connectivity index (χ3v) is 5.77. The molecule has 3 N–H and O–H groups in total. The van der Waals surface area contributed by atoms with Crippen LogP contribution in [-0.4, -0.2) is 58.2 Å². The predicted molar refractivity (Wildman–Crippen MR) is 129 cm³/mol. The molecule has 3 heterocycles. The molecule has 0 radical (unpaired) electrons. The standard InChI is InChI=1S/C25H37N5O2/c1-19(2)18-30(16-12-23(25(31)32)28-22-9-6-13-26-17-22)15-4-3-8-21-11-10-20-7-5-14-27-24(20)29-21/h6,9-11,13,17,19,23,28H,3-5,7-8,12,14-16,18H2,1-2H3,(H,27,29)(H,31,32). The third kappa shape index (κ3) is 7.79. The molecule has 0 fully saturated rings. The monoisotopic (exact) mass is 439 g/mol. The van der Waals surface area contributed by atoms with Crippen molar-refractivity contribution in [3.63, 3.8) is 0 Å². The summed E-state index contributed by atoms with van der Waals surface area (Å²) in [7, 11) is 0. The SMILES string of the molecule is CC(C)CN(CCCCc1ccc2c(n1)NCCC2)CCC(Nc1cccnc1)C(=O)O. The third-order valence-electron chi connectivity index (χ3n) is 5.77. The Kier molecular flexibility index (Phi) is 9.28. The Morgan fingerprint density at radius 3 is 2.88 bits per heavy atom. The molecule has 0 bridgehead atoms. The number of nitrogens with zero attached hydrogens (tertiary/aromatic N) is 3. The zero-order valence-electron chi connectivity index (χ0n) is 19.4. The smallest absolute Gasteiger partial charge is 0.326 e. The van der Waals surface area contributed by atoms with Crippen LogP contribution in [0.2, 0.25) is 0 Å². The first-order chi connectivity index (χ1) is 15.5. The lowest BCUT2D eigenvalue weighted by Gasteiger charge is -2.26. The first-order valence-corrected chi connectivity index (χ1v) is 11.9. The van der Waals surface area contributed by atoms with E-state index in [0.29, 0.717) is 12.3 Å². The molecule has 7 heteroatoms. The Morgan fingerprint density at radius 2 is 2.12 bits per heavy atom. The molecule has 1 aliphatic heterocycles. The summed E-state index contributed by atoms with van der Waals surface area (Å²) in [6, 6.07) is 7.41. The van der Waals surface area contributed by atoms with Crippen molar-refractivity contribution in [3.05, 3.63) is 47.9 Å². The molecule has 1 unspecified atom stereocenters. The van der Waals surface area contributed by atoms with E-state index in [1.807, 2.05) is 6.07 Å². The number of carbonyl (C=O) groups is 1. The minimum absolute atomic E-state index is 0.540. The molecular formula is C25H37N5O2. The molecule has 32 heavy (non-hydrogen) atoms. The number of hydrogen-bond acceptors (Lipinski definition) is 6. The van der Waals surface area contributed by atoms with E-state index in [2.05, 4.69) is 46.5 Å². The first-order valence-electron chi connectivity index (χ1n) is 11.9. The highest BCUT2D eigenvalue weighted by Gasteiger charge is 2.19. The number of anilines is 2. The molecule has 7 nitrogen and oxygen atoms in total. The van der Waals surface area contributed by atoms with Gasteiger partial charge in [0.2, 0.25) is 0 Å². The first kappa shape index (κ1) is 24.0. The second-order valence-corrected chi connectivity index (χ2v) is 9.06. The van der Waals surface area contributed by atoms with Gasteiger partial charge in [0.05, 0.1) is 5.69 Å². The molecule has 2 aromatic rings. The molecule has 0 amide bonds. The Balaban J connectivity index is 1.46. The average molecular weight is 440 g/mol. The number of nitrogens with one attached hydrogen (secondary N) is 2. The molecule has 0 saturated carbocycles. The number of pyridine rings is 2. The van der Waals surface area contributed by atoms with Crippen molar-refractivity contribution in [2.75, 3.05) is 36.8 Å². The number of fused-ring (bicyclic) bond motifs is 1. The summed E-state index contributed by atoms with van der Waals surface area (Å²) in [6.07, 6.45) is 9.32. The van der Waals surface area contributed by atoms with Crippen molar-refractivity contribution in [3.8, 4) is 0 Å². The van der Waals surface area contributed by atoms with Gasteiger partial charge in [-0.1, -0.05) is 19.9 Å². The van der Waals surface area contributed by atoms with Gasteiger partial charge < -0.3 is 20.6 Å². The van der Waals surface area contributed by atoms with Crippen molar-refractivity contribution in [1.82, 2.24) is 14.9 Å². The Labute approximate surface area is 191 Å². The van der Waals surface area contributed by atoms with E-state index in [0.717, 1.165) is 69.1 Å². The summed E-state index contributed by atoms with van der Waals surface area (Å²) in [5, 5.41) is 16.1. The van der Waals surface area contributed by atoms with Crippen LogP contribution in [0.4, 0.5) is 11.5 Å². The van der Waals surface area contributed by atoms with E-state index in [9.17, 15) is 9.90 Å². The molecule has 0 spiro atoms. The number of rotatable bonds is 13. The average Bonchev–Trinajstić information content (AvgIpc) is 2.79. The number of carboxylic acids is 1. The quantitative estimate of drug-likeness (QED) is 0.405. The van der Waals surface area contributed by atoms with Gasteiger partial charge in [-0.15, -0.1) is 0 Å². The van der Waals surface area contributed by atoms with Crippen LogP contribution in [0.15, 0.2) is 36.7 Å². The highest BCUT2D eigenvalue weighted by molar-refractivity contribution is 5.77. The van der Waals surface area contributed by atoms with Gasteiger partial charge in [-0.2, -0.15) is 0 Å². The summed E-state index contributed by atoms with van der Waals surface area (Å²) in [6.45, 7) is 8.13. The van der Waals surface area contributed by atoms with Crippen molar-refractivity contribution in [2.24, 2.45) is 5.92 Å². The zero-order valence-corrected chi connectivity index (χ0v) is 19.4. The molecule has 0 aromatic carbocycles. The Morgan fingerprint density at radius 1 is 1.25 bits per heavy atom. The van der Waals surface area contributed by atoms with E-state index < -0.39 is 12.0 Å². The van der Waals surface area contributed by atoms with E-state index in [4.69, 9.17) is 4.98 Å². The summed E-state index contributed by atoms with van der Waals surface area (Å²) in [5.41, 5.74) is 3.22. The van der Waals surface area contributed by atoms with Gasteiger partial charge in [0, 0.05) is 37.7 Å². The second kappa shape index (κ2) is 12.4. The second-order valence-electron chi connectivity index (χ2n) is 9.06. The minimum Gasteiger partial charge on any atom is -0.480 e. The number of unbranched alkanes of at least 4 members (excludes halogenated alkanes) is 1. The molecule has 1 aliphatic rings. The van der Waals surface area contributed by atoms with Crippen LogP contribution in [-0.2, 0) is 17.6 Å². The van der Waals surface area contributed by atoms with Crippen molar-refractivity contribution in [1.29, 1.82) is 0 Å². The highest BCUT2D eigenvalue weighted by Crippen LogP contribution is 2.20. The minimum atomic E-state index is -0.828. The topological polar surface area (TPSA) is 90.4 Å². The Bertz CT molecular complexity index is 843. The lowest BCUT2D eigenvalue weighted by atomic mass is 10.1. The van der Waals surface area contributed by atoms with Crippen LogP contribution in [0.1, 0.15) is 50.8 Å². The van der Waals surface area contributed by atoms with Crippen molar-refractivity contribution >= 4 is 17.5 Å². The number of aliphatic carboxylic acids is 1. The largest absolute Gasteiger partial charge is 0.480 e. The summed E-state index contributed by atoms with van der Waals surface area (Å²) < 4.78 is 0. The lowest BCUT2D eigenvalue weighted by Crippen LogP contribution is -2.36. The maximum absolute atomic E-state index is 11.7. The molecule has 0 aliphatic carbocycles. The van der Waals surface area contributed by atoms with Crippen LogP contribution < -0.4 is 10.6 Å². The number of aromatic nitrogens is 2. The van der Waals surface area contributed by atoms with Crippen LogP contribution in [0.5, 0.6) is 0 Å². The van der Waals surface area contributed by atoms with Crippen LogP contribution in [0.3, 0.4) is 0 Å². The van der Waals surface area contributed by atoms with Crippen LogP contribution in [0.25, 0.3) is 0 Å². The van der Waals surface area contributed by atoms with Gasteiger partial charge in [-0.05, 0) is 74.8 Å². The molecule has 0 saturated heterocycles. The fourth-order valence-electron chi connectivity index (χ4n) is 4.18. The zero-order chi connectivity index (χ0) is 22.8. The van der Waals surface area contributed by atoms with Crippen molar-refractivity contribution in [2.45, 2.75) is 58.4 Å². The fraction of sp³-hybridized carbons (Fsp3) is 0.560. The summed E-state index contributed by atoms with van der Waals surface area (Å²) >= 11 is 0. The highest BCUT2D eigenvalue weighted by atomic mass is 16.4. The predicted octanol–water partition coefficient (Wildman–Crippen LogP) is 4.07. The fourth-order valence-corrected chi connectivity index (χ4v) is 4.18. The molecule has 2 aromatic heterocycles. The van der Waals surface area contributed by atoms with Gasteiger partial charge in [0.25, 0.3) is 0 Å². The van der Waals surface area contributed by atoms with Gasteiger partial charge in [0.1, 0.15) is 11.9 Å². The number of hydrogen-bond donors (Lipinski definition) is 3. The Hall–Kier alpha value is -2.67. The van der Waals surface area contributed by atoms with E-state index in [1.54, 1.807) is 18.5 Å². The summed E-state index contributed by atoms with van der Waals surface area (Å²) in [4.78, 5) is 23.0. The van der Waals surface area contributed by atoms with Gasteiger partial charge in [0.15, 0.2) is 0 Å². The normalized spacial score (nSPS) is 14.1. The molecule has 174 valence electrons. The number of carboxylic acid groups (broad SMARTS) is 1. The maximum atomic E-state index is 11.7.